The Hall–Kier alpha value is -1.88. The molecule has 1 aromatic rings. The number of carbonyl (C=O) groups excluding carboxylic acids is 1. The van der Waals surface area contributed by atoms with Gasteiger partial charge in [0.05, 0.1) is 13.2 Å². The first-order valence-corrected chi connectivity index (χ1v) is 5.86. The van der Waals surface area contributed by atoms with Gasteiger partial charge in [-0.05, 0) is 23.6 Å². The molecule has 1 fully saturated rings. The summed E-state index contributed by atoms with van der Waals surface area (Å²) in [4.78, 5) is 22.6. The van der Waals surface area contributed by atoms with E-state index >= 15 is 0 Å². The number of amides is 1. The second kappa shape index (κ2) is 3.81. The average Bonchev–Trinajstić information content (AvgIpc) is 2.27. The molecule has 0 spiro atoms. The predicted octanol–water partition coefficient (Wildman–Crippen LogP) is 0.924. The van der Waals surface area contributed by atoms with Crippen LogP contribution in [0.1, 0.15) is 17.5 Å². The summed E-state index contributed by atoms with van der Waals surface area (Å²) in [6, 6.07) is 5.43. The molecule has 5 heteroatoms. The molecule has 0 aliphatic carbocycles. The molecule has 0 atom stereocenters. The lowest BCUT2D eigenvalue weighted by atomic mass is 9.77. The Kier molecular flexibility index (Phi) is 2.38. The van der Waals surface area contributed by atoms with E-state index in [0.717, 1.165) is 16.8 Å². The maximum atomic E-state index is 11.4. The van der Waals surface area contributed by atoms with E-state index in [9.17, 15) is 14.7 Å². The number of hydrogen-bond acceptors (Lipinski definition) is 3. The van der Waals surface area contributed by atoms with E-state index in [1.165, 1.54) is 0 Å². The van der Waals surface area contributed by atoms with Crippen LogP contribution >= 0.6 is 0 Å². The van der Waals surface area contributed by atoms with E-state index in [1.54, 1.807) is 12.1 Å². The van der Waals surface area contributed by atoms with Gasteiger partial charge in [-0.25, -0.2) is 0 Å². The fourth-order valence-electron chi connectivity index (χ4n) is 2.40. The van der Waals surface area contributed by atoms with Gasteiger partial charge in [-0.2, -0.15) is 0 Å². The Morgan fingerprint density at radius 2 is 2.11 bits per heavy atom. The lowest BCUT2D eigenvalue weighted by Crippen LogP contribution is -2.53. The smallest absolute Gasteiger partial charge is 0.318 e. The van der Waals surface area contributed by atoms with Crippen molar-refractivity contribution < 1.29 is 19.4 Å². The molecule has 2 heterocycles. The number of carboxylic acid groups (broad SMARTS) is 1. The summed E-state index contributed by atoms with van der Waals surface area (Å²) in [6.07, 6.45) is 1.11. The quantitative estimate of drug-likeness (QED) is 0.815. The lowest BCUT2D eigenvalue weighted by molar-refractivity contribution is -0.163. The maximum absolute atomic E-state index is 11.4. The SMILES string of the molecule is O=C1CCc2cc(C3(C(=O)O)COC3)ccc2N1. The normalized spacial score (nSPS) is 20.6. The molecule has 1 amide bonds. The van der Waals surface area contributed by atoms with Crippen molar-refractivity contribution in [2.24, 2.45) is 0 Å². The third-order valence-corrected chi connectivity index (χ3v) is 3.66. The van der Waals surface area contributed by atoms with Crippen molar-refractivity contribution in [2.45, 2.75) is 18.3 Å². The molecule has 0 bridgehead atoms. The number of anilines is 1. The molecule has 1 aromatic carbocycles. The predicted molar refractivity (Wildman–Crippen MR) is 63.5 cm³/mol. The van der Waals surface area contributed by atoms with E-state index in [1.807, 2.05) is 6.07 Å². The third-order valence-electron chi connectivity index (χ3n) is 3.66. The zero-order chi connectivity index (χ0) is 12.8. The number of carbonyl (C=O) groups is 2. The Bertz CT molecular complexity index is 534. The number of benzene rings is 1. The molecule has 0 aromatic heterocycles. The summed E-state index contributed by atoms with van der Waals surface area (Å²) in [5, 5.41) is 12.1. The van der Waals surface area contributed by atoms with Gasteiger partial charge in [-0.1, -0.05) is 12.1 Å². The Labute approximate surface area is 104 Å². The summed E-state index contributed by atoms with van der Waals surface area (Å²) in [6.45, 7) is 0.432. The largest absolute Gasteiger partial charge is 0.480 e. The van der Waals surface area contributed by atoms with Crippen LogP contribution in [0.25, 0.3) is 0 Å². The minimum atomic E-state index is -0.906. The highest BCUT2D eigenvalue weighted by atomic mass is 16.5. The van der Waals surface area contributed by atoms with E-state index in [-0.39, 0.29) is 19.1 Å². The summed E-state index contributed by atoms with van der Waals surface area (Å²) in [5.74, 6) is -0.844. The molecule has 2 N–H and O–H groups in total. The number of ether oxygens (including phenoxy) is 1. The van der Waals surface area contributed by atoms with Gasteiger partial charge in [-0.3, -0.25) is 9.59 Å². The Balaban J connectivity index is 2.00. The number of fused-ring (bicyclic) bond motifs is 1. The molecule has 2 aliphatic heterocycles. The number of aliphatic carboxylic acids is 1. The van der Waals surface area contributed by atoms with Crippen molar-refractivity contribution in [3.8, 4) is 0 Å². The van der Waals surface area contributed by atoms with Crippen LogP contribution in [0.5, 0.6) is 0 Å². The standard InChI is InChI=1S/C13H13NO4/c15-11-4-1-8-5-9(2-3-10(8)14-11)13(12(16)17)6-18-7-13/h2-3,5H,1,4,6-7H2,(H,14,15)(H,16,17). The first-order valence-electron chi connectivity index (χ1n) is 5.86. The van der Waals surface area contributed by atoms with Crippen molar-refractivity contribution in [1.82, 2.24) is 0 Å². The zero-order valence-corrected chi connectivity index (χ0v) is 9.73. The van der Waals surface area contributed by atoms with Gasteiger partial charge in [0.2, 0.25) is 5.91 Å². The monoisotopic (exact) mass is 247 g/mol. The molecular formula is C13H13NO4. The molecule has 0 radical (unpaired) electrons. The van der Waals surface area contributed by atoms with Crippen LogP contribution in [-0.2, 0) is 26.2 Å². The van der Waals surface area contributed by atoms with Crippen molar-refractivity contribution in [2.75, 3.05) is 18.5 Å². The second-order valence-electron chi connectivity index (χ2n) is 4.80. The number of carboxylic acids is 1. The zero-order valence-electron chi connectivity index (χ0n) is 9.73. The van der Waals surface area contributed by atoms with Crippen LogP contribution < -0.4 is 5.32 Å². The van der Waals surface area contributed by atoms with E-state index in [2.05, 4.69) is 5.32 Å². The van der Waals surface area contributed by atoms with Gasteiger partial charge >= 0.3 is 5.97 Å². The van der Waals surface area contributed by atoms with Crippen molar-refractivity contribution in [3.05, 3.63) is 29.3 Å². The summed E-state index contributed by atoms with van der Waals surface area (Å²) in [7, 11) is 0. The fourth-order valence-corrected chi connectivity index (χ4v) is 2.40. The van der Waals surface area contributed by atoms with Crippen LogP contribution in [0.15, 0.2) is 18.2 Å². The summed E-state index contributed by atoms with van der Waals surface area (Å²) < 4.78 is 5.06. The van der Waals surface area contributed by atoms with Crippen LogP contribution in [0.4, 0.5) is 5.69 Å². The lowest BCUT2D eigenvalue weighted by Gasteiger charge is -2.38. The fraction of sp³-hybridized carbons (Fsp3) is 0.385. The number of aryl methyl sites for hydroxylation is 1. The van der Waals surface area contributed by atoms with Gasteiger partial charge in [0.1, 0.15) is 5.41 Å². The molecule has 5 nitrogen and oxygen atoms in total. The third kappa shape index (κ3) is 1.51. The molecule has 1 saturated heterocycles. The number of rotatable bonds is 2. The van der Waals surface area contributed by atoms with E-state index in [0.29, 0.717) is 12.8 Å². The highest BCUT2D eigenvalue weighted by molar-refractivity contribution is 5.94. The molecule has 0 saturated carbocycles. The minimum Gasteiger partial charge on any atom is -0.480 e. The van der Waals surface area contributed by atoms with Gasteiger partial charge in [0, 0.05) is 12.1 Å². The highest BCUT2D eigenvalue weighted by Crippen LogP contribution is 2.35. The van der Waals surface area contributed by atoms with Crippen LogP contribution in [-0.4, -0.2) is 30.2 Å². The van der Waals surface area contributed by atoms with Crippen LogP contribution in [0.2, 0.25) is 0 Å². The van der Waals surface area contributed by atoms with Gasteiger partial charge < -0.3 is 15.2 Å². The number of nitrogens with one attached hydrogen (secondary N) is 1. The topological polar surface area (TPSA) is 75.6 Å². The average molecular weight is 247 g/mol. The number of hydrogen-bond donors (Lipinski definition) is 2. The van der Waals surface area contributed by atoms with Crippen molar-refractivity contribution in [3.63, 3.8) is 0 Å². The molecular weight excluding hydrogens is 234 g/mol. The van der Waals surface area contributed by atoms with Crippen molar-refractivity contribution in [1.29, 1.82) is 0 Å². The highest BCUT2D eigenvalue weighted by Gasteiger charge is 2.48. The van der Waals surface area contributed by atoms with Crippen LogP contribution in [0, 0.1) is 0 Å². The first kappa shape index (κ1) is 11.2. The molecule has 0 unspecified atom stereocenters. The van der Waals surface area contributed by atoms with Gasteiger partial charge in [0.15, 0.2) is 0 Å². The maximum Gasteiger partial charge on any atom is 0.318 e. The second-order valence-corrected chi connectivity index (χ2v) is 4.80. The van der Waals surface area contributed by atoms with Crippen molar-refractivity contribution >= 4 is 17.6 Å². The summed E-state index contributed by atoms with van der Waals surface area (Å²) >= 11 is 0. The molecule has 3 rings (SSSR count). The minimum absolute atomic E-state index is 0.00942. The molecule has 18 heavy (non-hydrogen) atoms. The first-order chi connectivity index (χ1) is 8.62. The summed E-state index contributed by atoms with van der Waals surface area (Å²) in [5.41, 5.74) is 1.64. The Morgan fingerprint density at radius 3 is 2.72 bits per heavy atom. The van der Waals surface area contributed by atoms with Gasteiger partial charge in [-0.15, -0.1) is 0 Å². The Morgan fingerprint density at radius 1 is 1.33 bits per heavy atom. The van der Waals surface area contributed by atoms with Crippen LogP contribution in [0.3, 0.4) is 0 Å². The van der Waals surface area contributed by atoms with Gasteiger partial charge in [0.25, 0.3) is 0 Å². The molecule has 94 valence electrons. The van der Waals surface area contributed by atoms with E-state index in [4.69, 9.17) is 4.74 Å². The molecule has 2 aliphatic rings. The van der Waals surface area contributed by atoms with E-state index < -0.39 is 11.4 Å².